The summed E-state index contributed by atoms with van der Waals surface area (Å²) in [6.07, 6.45) is 5.02. The molecule has 3 heteroatoms. The first-order valence-electron chi connectivity index (χ1n) is 9.21. The van der Waals surface area contributed by atoms with Crippen molar-refractivity contribution in [2.45, 2.75) is 6.92 Å². The number of anilines is 1. The maximum absolute atomic E-state index is 2.66. The Morgan fingerprint density at radius 3 is 1.54 bits per heavy atom. The van der Waals surface area contributed by atoms with Crippen LogP contribution in [-0.2, 0) is 0 Å². The van der Waals surface area contributed by atoms with E-state index < -0.39 is 0 Å². The minimum absolute atomic E-state index is 0.139. The van der Waals surface area contributed by atoms with E-state index in [-0.39, 0.29) is 15.8 Å². The van der Waals surface area contributed by atoms with Gasteiger partial charge < -0.3 is 4.90 Å². The summed E-state index contributed by atoms with van der Waals surface area (Å²) in [6, 6.07) is 31.4. The van der Waals surface area contributed by atoms with Crippen LogP contribution in [0.5, 0.6) is 0 Å². The Labute approximate surface area is 159 Å². The van der Waals surface area contributed by atoms with E-state index in [4.69, 9.17) is 0 Å². The molecule has 0 saturated carbocycles. The van der Waals surface area contributed by atoms with E-state index in [1.807, 2.05) is 0 Å². The van der Waals surface area contributed by atoms with Crippen molar-refractivity contribution in [3.05, 3.63) is 90.5 Å². The molecule has 0 amide bonds. The molecule has 0 bridgehead atoms. The van der Waals surface area contributed by atoms with Gasteiger partial charge in [0.1, 0.15) is 0 Å². The molecule has 1 aliphatic heterocycles. The molecule has 3 aromatic rings. The monoisotopic (exact) mass is 377 g/mol. The third-order valence-corrected chi connectivity index (χ3v) is 10.3. The average molecular weight is 377 g/mol. The van der Waals surface area contributed by atoms with Crippen LogP contribution in [0.1, 0.15) is 5.56 Å². The Hall–Kier alpha value is -1.68. The molecule has 1 aliphatic rings. The van der Waals surface area contributed by atoms with Gasteiger partial charge in [-0.25, -0.2) is 0 Å². The van der Waals surface area contributed by atoms with Gasteiger partial charge in [0.15, 0.2) is 0 Å². The molecule has 0 aliphatic carbocycles. The molecule has 0 N–H and O–H groups in total. The van der Waals surface area contributed by atoms with Gasteiger partial charge in [0, 0.05) is 18.3 Å². The van der Waals surface area contributed by atoms with Crippen molar-refractivity contribution in [2.24, 2.45) is 0 Å². The van der Waals surface area contributed by atoms with Crippen LogP contribution in [-0.4, -0.2) is 24.9 Å². The fraction of sp³-hybridized carbons (Fsp3) is 0.217. The minimum atomic E-state index is -0.139. The standard InChI is InChI=1S/C23H25NP2/c1-20-12-14-21(15-13-20)24-18-25(22-8-4-2-5-9-22)16-17-26(19-24)23-10-6-3-7-11-23/h2-15H,16-19H2,1H3. The van der Waals surface area contributed by atoms with Gasteiger partial charge in [-0.05, 0) is 42.0 Å². The molecule has 1 nitrogen and oxygen atoms in total. The van der Waals surface area contributed by atoms with Crippen LogP contribution in [0, 0.1) is 6.92 Å². The van der Waals surface area contributed by atoms with Crippen molar-refractivity contribution in [3.8, 4) is 0 Å². The molecule has 0 spiro atoms. The summed E-state index contributed by atoms with van der Waals surface area (Å²) < 4.78 is 0. The molecular weight excluding hydrogens is 352 g/mol. The normalized spacial score (nSPS) is 20.6. The SMILES string of the molecule is Cc1ccc(N2CP(c3ccccc3)CCP(c3ccccc3)C2)cc1. The lowest BCUT2D eigenvalue weighted by Crippen LogP contribution is -2.25. The Bertz CT molecular complexity index is 768. The second kappa shape index (κ2) is 8.34. The molecule has 1 fully saturated rings. The predicted molar refractivity (Wildman–Crippen MR) is 119 cm³/mol. The molecular formula is C23H25NP2. The zero-order valence-electron chi connectivity index (χ0n) is 15.3. The van der Waals surface area contributed by atoms with Crippen LogP contribution in [0.25, 0.3) is 0 Å². The Morgan fingerprint density at radius 1 is 0.615 bits per heavy atom. The van der Waals surface area contributed by atoms with Crippen molar-refractivity contribution in [3.63, 3.8) is 0 Å². The predicted octanol–water partition coefficient (Wildman–Crippen LogP) is 5.34. The third kappa shape index (κ3) is 4.17. The van der Waals surface area contributed by atoms with E-state index in [0.29, 0.717) is 0 Å². The van der Waals surface area contributed by atoms with Crippen LogP contribution >= 0.6 is 15.8 Å². The molecule has 0 radical (unpaired) electrons. The second-order valence-electron chi connectivity index (χ2n) is 6.86. The van der Waals surface area contributed by atoms with Crippen LogP contribution < -0.4 is 15.5 Å². The molecule has 1 saturated heterocycles. The van der Waals surface area contributed by atoms with Crippen molar-refractivity contribution < 1.29 is 0 Å². The highest BCUT2D eigenvalue weighted by atomic mass is 31.1. The van der Waals surface area contributed by atoms with Gasteiger partial charge in [-0.15, -0.1) is 0 Å². The smallest absolute Gasteiger partial charge is 0.0422 e. The van der Waals surface area contributed by atoms with Gasteiger partial charge in [0.25, 0.3) is 0 Å². The van der Waals surface area contributed by atoms with Gasteiger partial charge >= 0.3 is 0 Å². The van der Waals surface area contributed by atoms with Gasteiger partial charge in [-0.1, -0.05) is 94.2 Å². The fourth-order valence-electron chi connectivity index (χ4n) is 3.46. The van der Waals surface area contributed by atoms with E-state index in [2.05, 4.69) is 96.8 Å². The van der Waals surface area contributed by atoms with Crippen molar-refractivity contribution in [1.82, 2.24) is 0 Å². The highest BCUT2D eigenvalue weighted by Crippen LogP contribution is 2.48. The lowest BCUT2D eigenvalue weighted by Gasteiger charge is -2.29. The summed E-state index contributed by atoms with van der Waals surface area (Å²) in [5, 5.41) is 3.09. The zero-order chi connectivity index (χ0) is 17.8. The van der Waals surface area contributed by atoms with Crippen molar-refractivity contribution in [1.29, 1.82) is 0 Å². The maximum atomic E-state index is 2.66. The zero-order valence-corrected chi connectivity index (χ0v) is 17.0. The van der Waals surface area contributed by atoms with Gasteiger partial charge in [-0.2, -0.15) is 0 Å². The lowest BCUT2D eigenvalue weighted by molar-refractivity contribution is 1.05. The van der Waals surface area contributed by atoms with Crippen LogP contribution in [0.15, 0.2) is 84.9 Å². The van der Waals surface area contributed by atoms with E-state index >= 15 is 0 Å². The summed E-state index contributed by atoms with van der Waals surface area (Å²) in [5.41, 5.74) is 2.71. The highest BCUT2D eigenvalue weighted by Gasteiger charge is 2.25. The van der Waals surface area contributed by atoms with Crippen molar-refractivity contribution in [2.75, 3.05) is 29.8 Å². The minimum Gasteiger partial charge on any atom is -0.363 e. The quantitative estimate of drug-likeness (QED) is 0.557. The largest absolute Gasteiger partial charge is 0.363 e. The maximum Gasteiger partial charge on any atom is 0.0422 e. The number of rotatable bonds is 3. The summed E-state index contributed by atoms with van der Waals surface area (Å²) in [5.74, 6) is 0. The molecule has 0 aromatic heterocycles. The number of benzene rings is 3. The van der Waals surface area contributed by atoms with Gasteiger partial charge in [0.05, 0.1) is 0 Å². The molecule has 2 atom stereocenters. The number of nitrogens with zero attached hydrogens (tertiary/aromatic N) is 1. The van der Waals surface area contributed by atoms with Gasteiger partial charge in [-0.3, -0.25) is 0 Å². The van der Waals surface area contributed by atoms with Crippen LogP contribution in [0.4, 0.5) is 5.69 Å². The molecule has 26 heavy (non-hydrogen) atoms. The Balaban J connectivity index is 1.65. The third-order valence-electron chi connectivity index (χ3n) is 4.96. The summed E-state index contributed by atoms with van der Waals surface area (Å²) in [7, 11) is -0.278. The number of hydrogen-bond donors (Lipinski definition) is 0. The van der Waals surface area contributed by atoms with Crippen LogP contribution in [0.2, 0.25) is 0 Å². The van der Waals surface area contributed by atoms with E-state index in [1.165, 1.54) is 36.1 Å². The van der Waals surface area contributed by atoms with E-state index in [1.54, 1.807) is 10.6 Å². The number of hydrogen-bond acceptors (Lipinski definition) is 1. The average Bonchev–Trinajstić information content (AvgIpc) is 2.93. The summed E-state index contributed by atoms with van der Waals surface area (Å²) in [4.78, 5) is 2.66. The van der Waals surface area contributed by atoms with E-state index in [0.717, 1.165) is 0 Å². The molecule has 2 unspecified atom stereocenters. The molecule has 132 valence electrons. The van der Waals surface area contributed by atoms with Crippen molar-refractivity contribution >= 4 is 32.1 Å². The molecule has 3 aromatic carbocycles. The molecule has 4 rings (SSSR count). The van der Waals surface area contributed by atoms with E-state index in [9.17, 15) is 0 Å². The Morgan fingerprint density at radius 2 is 1.08 bits per heavy atom. The summed E-state index contributed by atoms with van der Waals surface area (Å²) >= 11 is 0. The fourth-order valence-corrected chi connectivity index (χ4v) is 9.21. The first-order chi connectivity index (χ1) is 12.8. The van der Waals surface area contributed by atoms with Gasteiger partial charge in [0.2, 0.25) is 0 Å². The summed E-state index contributed by atoms with van der Waals surface area (Å²) in [6.45, 7) is 2.17. The first-order valence-corrected chi connectivity index (χ1v) is 12.6. The topological polar surface area (TPSA) is 3.24 Å². The number of aryl methyl sites for hydroxylation is 1. The highest BCUT2D eigenvalue weighted by molar-refractivity contribution is 7.70. The van der Waals surface area contributed by atoms with Crippen LogP contribution in [0.3, 0.4) is 0 Å². The second-order valence-corrected chi connectivity index (χ2v) is 11.5. The Kier molecular flexibility index (Phi) is 5.68. The lowest BCUT2D eigenvalue weighted by atomic mass is 10.2. The molecule has 1 heterocycles. The first kappa shape index (κ1) is 17.7.